The van der Waals surface area contributed by atoms with Gasteiger partial charge in [0, 0.05) is 9.26 Å². The number of nitrogens with one attached hydrogen (secondary N) is 1. The Morgan fingerprint density at radius 3 is 2.55 bits per heavy atom. The van der Waals surface area contributed by atoms with Crippen LogP contribution in [0.1, 0.15) is 24.5 Å². The standard InChI is InChI=1S/C18H20INO2/c1-4-16(22-17-8-6-5-7-12(17)2)18(21)20-15-10-9-14(19)11-13(15)3/h5-11,16H,4H2,1-3H3,(H,20,21)/t16-/m0/s1. The maximum Gasteiger partial charge on any atom is 0.265 e. The van der Waals surface area contributed by atoms with Crippen LogP contribution in [0.4, 0.5) is 5.69 Å². The van der Waals surface area contributed by atoms with E-state index in [1.807, 2.05) is 63.2 Å². The maximum atomic E-state index is 12.5. The van der Waals surface area contributed by atoms with Crippen LogP contribution >= 0.6 is 22.6 Å². The minimum atomic E-state index is -0.500. The summed E-state index contributed by atoms with van der Waals surface area (Å²) in [4.78, 5) is 12.5. The van der Waals surface area contributed by atoms with E-state index in [1.165, 1.54) is 0 Å². The highest BCUT2D eigenvalue weighted by atomic mass is 127. The van der Waals surface area contributed by atoms with E-state index in [0.717, 1.165) is 26.1 Å². The molecule has 0 aliphatic heterocycles. The summed E-state index contributed by atoms with van der Waals surface area (Å²) in [5.41, 5.74) is 2.91. The molecule has 0 fully saturated rings. The number of carbonyl (C=O) groups is 1. The number of para-hydroxylation sites is 1. The molecule has 0 aliphatic rings. The first-order chi connectivity index (χ1) is 10.5. The molecule has 0 radical (unpaired) electrons. The van der Waals surface area contributed by atoms with E-state index >= 15 is 0 Å². The van der Waals surface area contributed by atoms with Crippen molar-refractivity contribution in [3.8, 4) is 5.75 Å². The predicted octanol–water partition coefficient (Wildman–Crippen LogP) is 4.70. The molecule has 1 N–H and O–H groups in total. The van der Waals surface area contributed by atoms with Crippen LogP contribution in [0.5, 0.6) is 5.75 Å². The Labute approximate surface area is 145 Å². The number of aryl methyl sites for hydroxylation is 2. The second-order valence-electron chi connectivity index (χ2n) is 5.23. The Morgan fingerprint density at radius 1 is 1.18 bits per heavy atom. The molecular formula is C18H20INO2. The second kappa shape index (κ2) is 7.63. The number of carbonyl (C=O) groups excluding carboxylic acids is 1. The summed E-state index contributed by atoms with van der Waals surface area (Å²) < 4.78 is 7.03. The molecule has 3 nitrogen and oxygen atoms in total. The molecule has 2 aromatic rings. The first-order valence-electron chi connectivity index (χ1n) is 7.30. The van der Waals surface area contributed by atoms with Crippen LogP contribution in [0.25, 0.3) is 0 Å². The lowest BCUT2D eigenvalue weighted by Crippen LogP contribution is -2.32. The van der Waals surface area contributed by atoms with Gasteiger partial charge in [-0.1, -0.05) is 25.1 Å². The van der Waals surface area contributed by atoms with Crippen LogP contribution in [0.2, 0.25) is 0 Å². The minimum Gasteiger partial charge on any atom is -0.480 e. The van der Waals surface area contributed by atoms with Crippen LogP contribution < -0.4 is 10.1 Å². The van der Waals surface area contributed by atoms with Gasteiger partial charge in [-0.3, -0.25) is 4.79 Å². The lowest BCUT2D eigenvalue weighted by Gasteiger charge is -2.19. The molecule has 0 aromatic heterocycles. The Morgan fingerprint density at radius 2 is 1.91 bits per heavy atom. The highest BCUT2D eigenvalue weighted by Gasteiger charge is 2.19. The zero-order chi connectivity index (χ0) is 16.1. The summed E-state index contributed by atoms with van der Waals surface area (Å²) in [5, 5.41) is 2.96. The van der Waals surface area contributed by atoms with Crippen molar-refractivity contribution in [2.45, 2.75) is 33.3 Å². The summed E-state index contributed by atoms with van der Waals surface area (Å²) in [5.74, 6) is 0.638. The summed E-state index contributed by atoms with van der Waals surface area (Å²) >= 11 is 2.26. The van der Waals surface area contributed by atoms with Gasteiger partial charge in [-0.15, -0.1) is 0 Å². The number of hydrogen-bond acceptors (Lipinski definition) is 2. The number of hydrogen-bond donors (Lipinski definition) is 1. The van der Waals surface area contributed by atoms with Crippen LogP contribution in [0.15, 0.2) is 42.5 Å². The van der Waals surface area contributed by atoms with Crippen molar-refractivity contribution < 1.29 is 9.53 Å². The van der Waals surface area contributed by atoms with E-state index < -0.39 is 6.10 Å². The van der Waals surface area contributed by atoms with Crippen LogP contribution in [-0.2, 0) is 4.79 Å². The van der Waals surface area contributed by atoms with E-state index in [-0.39, 0.29) is 5.91 Å². The van der Waals surface area contributed by atoms with Crippen molar-refractivity contribution in [2.24, 2.45) is 0 Å². The molecule has 22 heavy (non-hydrogen) atoms. The minimum absolute atomic E-state index is 0.116. The quantitative estimate of drug-likeness (QED) is 0.727. The van der Waals surface area contributed by atoms with Crippen molar-refractivity contribution in [2.75, 3.05) is 5.32 Å². The van der Waals surface area contributed by atoms with Gasteiger partial charge in [0.2, 0.25) is 0 Å². The van der Waals surface area contributed by atoms with Crippen LogP contribution in [0, 0.1) is 17.4 Å². The number of ether oxygens (including phenoxy) is 1. The van der Waals surface area contributed by atoms with Gasteiger partial charge in [-0.2, -0.15) is 0 Å². The molecule has 0 saturated heterocycles. The number of benzene rings is 2. The molecule has 0 spiro atoms. The highest BCUT2D eigenvalue weighted by molar-refractivity contribution is 14.1. The third kappa shape index (κ3) is 4.22. The Balaban J connectivity index is 2.10. The SMILES string of the molecule is CC[C@H](Oc1ccccc1C)C(=O)Nc1ccc(I)cc1C. The zero-order valence-electron chi connectivity index (χ0n) is 13.0. The van der Waals surface area contributed by atoms with Gasteiger partial charge < -0.3 is 10.1 Å². The van der Waals surface area contributed by atoms with Crippen molar-refractivity contribution in [1.82, 2.24) is 0 Å². The summed E-state index contributed by atoms with van der Waals surface area (Å²) in [6.45, 7) is 5.91. The lowest BCUT2D eigenvalue weighted by molar-refractivity contribution is -0.122. The van der Waals surface area contributed by atoms with Gasteiger partial charge in [0.1, 0.15) is 5.75 Å². The van der Waals surface area contributed by atoms with Crippen molar-refractivity contribution in [3.05, 3.63) is 57.2 Å². The topological polar surface area (TPSA) is 38.3 Å². The lowest BCUT2D eigenvalue weighted by atomic mass is 10.1. The number of rotatable bonds is 5. The van der Waals surface area contributed by atoms with Crippen LogP contribution in [0.3, 0.4) is 0 Å². The molecule has 116 valence electrons. The maximum absolute atomic E-state index is 12.5. The monoisotopic (exact) mass is 409 g/mol. The van der Waals surface area contributed by atoms with Gasteiger partial charge in [-0.25, -0.2) is 0 Å². The smallest absolute Gasteiger partial charge is 0.265 e. The molecule has 0 saturated carbocycles. The van der Waals surface area contributed by atoms with E-state index in [2.05, 4.69) is 27.9 Å². The van der Waals surface area contributed by atoms with Gasteiger partial charge in [0.15, 0.2) is 6.10 Å². The summed E-state index contributed by atoms with van der Waals surface area (Å²) in [6, 6.07) is 13.7. The van der Waals surface area contributed by atoms with E-state index in [9.17, 15) is 4.79 Å². The fourth-order valence-electron chi connectivity index (χ4n) is 2.14. The van der Waals surface area contributed by atoms with Gasteiger partial charge >= 0.3 is 0 Å². The Hall–Kier alpha value is -1.56. The molecule has 0 bridgehead atoms. The van der Waals surface area contributed by atoms with Gasteiger partial charge in [0.25, 0.3) is 5.91 Å². The number of anilines is 1. The number of amides is 1. The van der Waals surface area contributed by atoms with Gasteiger partial charge in [0.05, 0.1) is 0 Å². The van der Waals surface area contributed by atoms with Crippen molar-refractivity contribution in [1.29, 1.82) is 0 Å². The zero-order valence-corrected chi connectivity index (χ0v) is 15.2. The Bertz CT molecular complexity index is 670. The summed E-state index contributed by atoms with van der Waals surface area (Å²) in [7, 11) is 0. The average molecular weight is 409 g/mol. The van der Waals surface area contributed by atoms with Gasteiger partial charge in [-0.05, 0) is 78.3 Å². The largest absolute Gasteiger partial charge is 0.480 e. The summed E-state index contributed by atoms with van der Waals surface area (Å²) in [6.07, 6.45) is 0.114. The molecule has 1 amide bonds. The predicted molar refractivity (Wildman–Crippen MR) is 98.4 cm³/mol. The molecule has 0 unspecified atom stereocenters. The molecule has 1 atom stereocenters. The first kappa shape index (κ1) is 16.8. The highest BCUT2D eigenvalue weighted by Crippen LogP contribution is 2.21. The second-order valence-corrected chi connectivity index (χ2v) is 6.47. The third-order valence-corrected chi connectivity index (χ3v) is 4.14. The molecule has 4 heteroatoms. The molecule has 0 heterocycles. The number of halogens is 1. The average Bonchev–Trinajstić information content (AvgIpc) is 2.49. The van der Waals surface area contributed by atoms with Crippen LogP contribution in [-0.4, -0.2) is 12.0 Å². The molecule has 2 aromatic carbocycles. The molecule has 2 rings (SSSR count). The van der Waals surface area contributed by atoms with E-state index in [1.54, 1.807) is 0 Å². The fraction of sp³-hybridized carbons (Fsp3) is 0.278. The van der Waals surface area contributed by atoms with E-state index in [4.69, 9.17) is 4.74 Å². The van der Waals surface area contributed by atoms with Crippen molar-refractivity contribution >= 4 is 34.2 Å². The van der Waals surface area contributed by atoms with E-state index in [0.29, 0.717) is 6.42 Å². The first-order valence-corrected chi connectivity index (χ1v) is 8.38. The normalized spacial score (nSPS) is 11.8. The molecular weight excluding hydrogens is 389 g/mol. The molecule has 0 aliphatic carbocycles. The Kier molecular flexibility index (Phi) is 5.83. The fourth-order valence-corrected chi connectivity index (χ4v) is 2.79. The van der Waals surface area contributed by atoms with Crippen molar-refractivity contribution in [3.63, 3.8) is 0 Å². The third-order valence-electron chi connectivity index (χ3n) is 3.47.